The molecule has 3 fully saturated rings. The number of hydrogen-bond donors (Lipinski definition) is 9. The molecule has 4 aromatic heterocycles. The summed E-state index contributed by atoms with van der Waals surface area (Å²) in [6, 6.07) is 10.7. The van der Waals surface area contributed by atoms with Crippen molar-refractivity contribution in [3.8, 4) is 0 Å². The third-order valence-corrected chi connectivity index (χ3v) is 16.4. The summed E-state index contributed by atoms with van der Waals surface area (Å²) in [5.41, 5.74) is -0.510. The van der Waals surface area contributed by atoms with Crippen molar-refractivity contribution in [3.63, 3.8) is 0 Å². The number of imidazole rings is 1. The zero-order chi connectivity index (χ0) is 61.3. The SMILES string of the molecule is CC(C)[C@H](NC(=O)OC(C)(C)C)C(=O)N[C@@H](C)C(=O)Nc1ccc(COC(=O)NCc2ccccc2C(=O)Nc2ncnc3c2ncn3[C@@H]2O[C@@H]3COP(O)(=S)O[C@@H]4[C@H](O)[C@@H](COP(=O)(S)O[C@H]3[C@H]2F)O[C@H]4n2cc(F)c3c(=O)[nH]cnc32)cc1. The molecule has 2 unspecified atom stereocenters. The molecule has 7 heterocycles. The first-order valence-corrected chi connectivity index (χ1v) is 31.3. The minimum absolute atomic E-state index is 0.0360. The molecule has 456 valence electrons. The highest BCUT2D eigenvalue weighted by Gasteiger charge is 2.54. The van der Waals surface area contributed by atoms with Gasteiger partial charge in [-0.05, 0) is 74.7 Å². The van der Waals surface area contributed by atoms with Gasteiger partial charge in [-0.15, -0.1) is 0 Å². The molecule has 12 atom stereocenters. The molecule has 0 aliphatic carbocycles. The van der Waals surface area contributed by atoms with Crippen LogP contribution in [0.15, 0.2) is 78.5 Å². The van der Waals surface area contributed by atoms with Crippen molar-refractivity contribution in [1.82, 2.24) is 50.0 Å². The average Bonchev–Trinajstić information content (AvgIpc) is 2.01. The van der Waals surface area contributed by atoms with E-state index >= 15 is 8.78 Å². The fourth-order valence-electron chi connectivity index (χ4n) is 9.16. The number of carbonyl (C=O) groups is 5. The maximum absolute atomic E-state index is 16.8. The lowest BCUT2D eigenvalue weighted by molar-refractivity contribution is -0.128. The van der Waals surface area contributed by atoms with E-state index in [1.807, 2.05) is 0 Å². The van der Waals surface area contributed by atoms with E-state index in [9.17, 15) is 43.3 Å². The lowest BCUT2D eigenvalue weighted by Crippen LogP contribution is -2.54. The minimum Gasteiger partial charge on any atom is -0.445 e. The van der Waals surface area contributed by atoms with Crippen molar-refractivity contribution in [1.29, 1.82) is 0 Å². The number of thiol groups is 1. The second-order valence-corrected chi connectivity index (χ2v) is 26.6. The molecule has 9 rings (SSSR count). The monoisotopic (exact) mass is 1260 g/mol. The van der Waals surface area contributed by atoms with Crippen LogP contribution in [0.1, 0.15) is 75.5 Å². The lowest BCUT2D eigenvalue weighted by atomic mass is 10.0. The molecule has 3 aliphatic heterocycles. The Morgan fingerprint density at radius 1 is 0.894 bits per heavy atom. The first-order chi connectivity index (χ1) is 40.2. The van der Waals surface area contributed by atoms with Crippen LogP contribution < -0.4 is 32.1 Å². The molecule has 35 heteroatoms. The van der Waals surface area contributed by atoms with Crippen LogP contribution in [0.2, 0.25) is 0 Å². The Labute approximate surface area is 491 Å². The van der Waals surface area contributed by atoms with Crippen molar-refractivity contribution in [2.75, 3.05) is 23.8 Å². The summed E-state index contributed by atoms with van der Waals surface area (Å²) in [6.45, 7) is -0.929. The highest BCUT2D eigenvalue weighted by Crippen LogP contribution is 2.58. The number of nitrogens with one attached hydrogen (secondary N) is 6. The number of aliphatic hydroxyl groups excluding tert-OH is 1. The normalized spacial score (nSPS) is 26.0. The number of H-pyrrole nitrogens is 1. The molecule has 3 aliphatic rings. The Morgan fingerprint density at radius 2 is 1.61 bits per heavy atom. The highest BCUT2D eigenvalue weighted by atomic mass is 32.7. The Morgan fingerprint density at radius 3 is 2.34 bits per heavy atom. The van der Waals surface area contributed by atoms with Crippen LogP contribution in [0.3, 0.4) is 0 Å². The summed E-state index contributed by atoms with van der Waals surface area (Å²) in [5, 5.41) is 24.0. The van der Waals surface area contributed by atoms with Crippen LogP contribution >= 0.6 is 25.8 Å². The van der Waals surface area contributed by atoms with Gasteiger partial charge in [0.2, 0.25) is 11.8 Å². The van der Waals surface area contributed by atoms with Gasteiger partial charge in [-0.2, -0.15) is 0 Å². The Kier molecular flexibility index (Phi) is 18.9. The van der Waals surface area contributed by atoms with Gasteiger partial charge in [-0.1, -0.05) is 56.4 Å². The summed E-state index contributed by atoms with van der Waals surface area (Å²) in [4.78, 5) is 108. The van der Waals surface area contributed by atoms with Crippen molar-refractivity contribution in [2.24, 2.45) is 5.92 Å². The number of amides is 5. The molecule has 0 saturated carbocycles. The van der Waals surface area contributed by atoms with Crippen LogP contribution in [-0.4, -0.2) is 142 Å². The number of alkyl halides is 1. The molecule has 2 bridgehead atoms. The summed E-state index contributed by atoms with van der Waals surface area (Å²) < 4.78 is 92.9. The second-order valence-electron chi connectivity index (χ2n) is 20.9. The molecule has 5 amide bonds. The molecule has 85 heavy (non-hydrogen) atoms. The van der Waals surface area contributed by atoms with Gasteiger partial charge in [0.25, 0.3) is 11.5 Å². The number of hydrogen-bond acceptors (Lipinski definition) is 21. The number of nitrogens with zero attached hydrogens (tertiary/aromatic N) is 6. The first-order valence-electron chi connectivity index (χ1n) is 26.0. The van der Waals surface area contributed by atoms with Crippen LogP contribution in [0.5, 0.6) is 0 Å². The zero-order valence-corrected chi connectivity index (χ0v) is 49.3. The van der Waals surface area contributed by atoms with E-state index in [-0.39, 0.29) is 47.3 Å². The number of alkyl carbamates (subject to hydrolysis) is 2. The van der Waals surface area contributed by atoms with E-state index in [2.05, 4.69) is 63.8 Å². The zero-order valence-electron chi connectivity index (χ0n) is 45.8. The van der Waals surface area contributed by atoms with E-state index in [0.717, 1.165) is 34.3 Å². The molecule has 6 aromatic rings. The van der Waals surface area contributed by atoms with E-state index in [1.54, 1.807) is 77.1 Å². The Hall–Kier alpha value is -6.87. The molecule has 29 nitrogen and oxygen atoms in total. The van der Waals surface area contributed by atoms with E-state index in [0.29, 0.717) is 16.8 Å². The van der Waals surface area contributed by atoms with Gasteiger partial charge in [-0.3, -0.25) is 37.3 Å². The molecular weight excluding hydrogens is 1200 g/mol. The van der Waals surface area contributed by atoms with Gasteiger partial charge in [0.15, 0.2) is 47.1 Å². The standard InChI is InChI=1S/C50H58F2N12O17P2S2/c1-23(2)34(61-49(71)79-50(4,5)6)45(69)59-24(3)42(66)60-27-13-11-25(12-14-27)17-74-48(70)53-15-26-9-7-8-10-28(26)43(67)62-39-35-41(56-20-54-39)64(22-58-35)46-33(52)37-31(78-46)19-76-83(73,85)81-38-36(65)30(18-75-82(72,84)80-37)77-47(38)63-16-29(51)32-40(63)55-21-57-44(32)68/h7-14,16,20-24,30-31,33-34,36-38,46-47,65H,15,17-19H2,1-6H3,(H,53,70)(H,59,69)(H,60,66)(H,61,71)(H,72,84)(H,73,85)(H,55,57,68)(H,54,56,62,67)/t24-,30+,31+,33+,34-,36+,37+,38+,46+,47+,82?,83?/m0/s1. The van der Waals surface area contributed by atoms with E-state index in [1.165, 1.54) is 13.0 Å². The van der Waals surface area contributed by atoms with Crippen molar-refractivity contribution in [2.45, 2.75) is 122 Å². The number of aliphatic hydroxyl groups is 1. The minimum atomic E-state index is -4.61. The fourth-order valence-corrected chi connectivity index (χ4v) is 12.1. The predicted octanol–water partition coefficient (Wildman–Crippen LogP) is 4.94. The number of ether oxygens (including phenoxy) is 4. The van der Waals surface area contributed by atoms with Gasteiger partial charge in [0, 0.05) is 24.0 Å². The molecule has 0 spiro atoms. The molecule has 3 saturated heterocycles. The quantitative estimate of drug-likeness (QED) is 0.0515. The van der Waals surface area contributed by atoms with Gasteiger partial charge < -0.3 is 69.6 Å². The van der Waals surface area contributed by atoms with Crippen molar-refractivity contribution < 1.29 is 84.4 Å². The second kappa shape index (κ2) is 25.6. The number of fused-ring (bicyclic) bond motifs is 5. The highest BCUT2D eigenvalue weighted by molar-refractivity contribution is 8.44. The number of aromatic amines is 1. The maximum Gasteiger partial charge on any atom is 0.408 e. The molecule has 0 radical (unpaired) electrons. The van der Waals surface area contributed by atoms with E-state index < -0.39 is 140 Å². The number of aromatic nitrogens is 7. The third kappa shape index (κ3) is 14.7. The summed E-state index contributed by atoms with van der Waals surface area (Å²) >= 11 is 9.34. The number of carbonyl (C=O) groups excluding carboxylic acids is 5. The Balaban J connectivity index is 0.799. The van der Waals surface area contributed by atoms with Crippen molar-refractivity contribution in [3.05, 3.63) is 107 Å². The molecule has 8 N–H and O–H groups in total. The van der Waals surface area contributed by atoms with Gasteiger partial charge >= 0.3 is 25.7 Å². The number of halogens is 2. The van der Waals surface area contributed by atoms with Crippen LogP contribution in [0.25, 0.3) is 22.2 Å². The van der Waals surface area contributed by atoms with Crippen molar-refractivity contribution >= 4 is 101 Å². The molecule has 2 aromatic carbocycles. The largest absolute Gasteiger partial charge is 0.445 e. The maximum atomic E-state index is 16.8. The topological polar surface area (TPSA) is 371 Å². The summed E-state index contributed by atoms with van der Waals surface area (Å²) in [7, 11) is 0. The van der Waals surface area contributed by atoms with Crippen LogP contribution in [-0.2, 0) is 76.2 Å². The summed E-state index contributed by atoms with van der Waals surface area (Å²) in [6.07, 6.45) is -11.2. The van der Waals surface area contributed by atoms with Gasteiger partial charge in [0.1, 0.15) is 66.5 Å². The summed E-state index contributed by atoms with van der Waals surface area (Å²) in [5.74, 6) is -3.24. The predicted molar refractivity (Wildman–Crippen MR) is 301 cm³/mol. The van der Waals surface area contributed by atoms with Gasteiger partial charge in [-0.25, -0.2) is 42.9 Å². The van der Waals surface area contributed by atoms with E-state index in [4.69, 9.17) is 48.8 Å². The lowest BCUT2D eigenvalue weighted by Gasteiger charge is -2.27. The Bertz CT molecular complexity index is 3670. The first kappa shape index (κ1) is 62.7. The third-order valence-electron chi connectivity index (χ3n) is 13.3. The van der Waals surface area contributed by atoms with Crippen LogP contribution in [0.4, 0.5) is 29.9 Å². The number of rotatable bonds is 14. The average molecular weight is 1260 g/mol. The van der Waals surface area contributed by atoms with Crippen LogP contribution in [0, 0.1) is 11.7 Å². The number of benzene rings is 2. The molecular formula is C50H58F2N12O17P2S2. The number of anilines is 2. The fraction of sp³-hybridized carbons (Fsp3) is 0.440. The smallest absolute Gasteiger partial charge is 0.408 e. The van der Waals surface area contributed by atoms with Gasteiger partial charge in [0.05, 0.1) is 25.9 Å².